The van der Waals surface area contributed by atoms with E-state index in [0.717, 1.165) is 90.6 Å². The molecule has 0 amide bonds. The number of fused-ring (bicyclic) bond motifs is 8. The number of benzene rings is 5. The third kappa shape index (κ3) is 3.51. The molecule has 0 spiro atoms. The van der Waals surface area contributed by atoms with Crippen LogP contribution in [-0.2, 0) is 11.8 Å². The first-order chi connectivity index (χ1) is 21.0. The van der Waals surface area contributed by atoms with Crippen LogP contribution >= 0.6 is 0 Å². The highest BCUT2D eigenvalue weighted by atomic mass is 16.3. The van der Waals surface area contributed by atoms with Gasteiger partial charge in [-0.3, -0.25) is 4.79 Å². The lowest BCUT2D eigenvalue weighted by Crippen LogP contribution is -2.30. The second kappa shape index (κ2) is 8.68. The maximum absolute atomic E-state index is 14.2. The van der Waals surface area contributed by atoms with E-state index in [1.807, 2.05) is 24.3 Å². The van der Waals surface area contributed by atoms with Crippen LogP contribution < -0.4 is 0 Å². The molecule has 2 heterocycles. The molecule has 0 bridgehead atoms. The van der Waals surface area contributed by atoms with Gasteiger partial charge in [0.05, 0.1) is 0 Å². The zero-order valence-electron chi connectivity index (χ0n) is 24.0. The second-order valence-corrected chi connectivity index (χ2v) is 12.4. The Labute approximate surface area is 249 Å². The van der Waals surface area contributed by atoms with Gasteiger partial charge in [-0.25, -0.2) is 0 Å². The highest BCUT2D eigenvalue weighted by Crippen LogP contribution is 2.44. The number of carbonyl (C=O) groups is 1. The Hall–Kier alpha value is -5.15. The largest absolute Gasteiger partial charge is 0.456 e. The van der Waals surface area contributed by atoms with Crippen molar-refractivity contribution in [3.8, 4) is 22.3 Å². The van der Waals surface area contributed by atoms with Crippen LogP contribution in [0.5, 0.6) is 0 Å². The van der Waals surface area contributed by atoms with Crippen LogP contribution in [0, 0.1) is 0 Å². The van der Waals surface area contributed by atoms with Crippen LogP contribution in [0.3, 0.4) is 0 Å². The molecule has 0 unspecified atom stereocenters. The van der Waals surface area contributed by atoms with Gasteiger partial charge >= 0.3 is 0 Å². The van der Waals surface area contributed by atoms with Crippen molar-refractivity contribution in [3.63, 3.8) is 0 Å². The molecular formula is C40H28O3. The molecule has 2 aliphatic carbocycles. The lowest BCUT2D eigenvalue weighted by Gasteiger charge is -2.35. The number of ketones is 1. The van der Waals surface area contributed by atoms with E-state index in [4.69, 9.17) is 8.83 Å². The standard InChI is InChI=1S/C40H28O3/c1-40(2)33-15-11-23(25-13-17-37-29(19-25)27-7-3-5-9-35(27)42-37)21-31(33)39(41)32-22-24(12-16-34(32)40)26-14-18-38-30(20-26)28-8-4-6-10-36(28)43-38/h3,5-7,9-22H,4,8H2,1-2H3. The zero-order valence-corrected chi connectivity index (χ0v) is 24.0. The molecule has 2 aliphatic rings. The van der Waals surface area contributed by atoms with Gasteiger partial charge in [0.15, 0.2) is 5.78 Å². The zero-order chi connectivity index (χ0) is 28.9. The van der Waals surface area contributed by atoms with Crippen molar-refractivity contribution >= 4 is 44.8 Å². The Morgan fingerprint density at radius 3 is 1.91 bits per heavy atom. The molecule has 3 heteroatoms. The van der Waals surface area contributed by atoms with E-state index in [1.165, 1.54) is 10.9 Å². The minimum Gasteiger partial charge on any atom is -0.456 e. The van der Waals surface area contributed by atoms with Gasteiger partial charge in [0.1, 0.15) is 22.5 Å². The van der Waals surface area contributed by atoms with Crippen molar-refractivity contribution in [1.29, 1.82) is 0 Å². The van der Waals surface area contributed by atoms with E-state index in [-0.39, 0.29) is 11.2 Å². The molecule has 0 radical (unpaired) electrons. The molecule has 0 saturated heterocycles. The molecule has 43 heavy (non-hydrogen) atoms. The molecule has 0 atom stereocenters. The fourth-order valence-corrected chi connectivity index (χ4v) is 7.27. The van der Waals surface area contributed by atoms with E-state index < -0.39 is 0 Å². The van der Waals surface area contributed by atoms with Gasteiger partial charge in [-0.1, -0.05) is 74.5 Å². The van der Waals surface area contributed by atoms with Crippen molar-refractivity contribution in [2.45, 2.75) is 32.1 Å². The minimum atomic E-state index is -0.305. The normalized spacial score (nSPS) is 15.2. The minimum absolute atomic E-state index is 0.0785. The summed E-state index contributed by atoms with van der Waals surface area (Å²) < 4.78 is 12.1. The fraction of sp³-hybridized carbons (Fsp3) is 0.125. The van der Waals surface area contributed by atoms with Gasteiger partial charge in [-0.2, -0.15) is 0 Å². The van der Waals surface area contributed by atoms with E-state index in [2.05, 4.69) is 98.8 Å². The number of hydrogen-bond donors (Lipinski definition) is 0. The predicted octanol–water partition coefficient (Wildman–Crippen LogP) is 10.5. The third-order valence-corrected chi connectivity index (χ3v) is 9.57. The molecular weight excluding hydrogens is 528 g/mol. The summed E-state index contributed by atoms with van der Waals surface area (Å²) in [6.07, 6.45) is 6.27. The molecule has 7 aromatic rings. The van der Waals surface area contributed by atoms with Crippen molar-refractivity contribution in [2.75, 3.05) is 0 Å². The smallest absolute Gasteiger partial charge is 0.193 e. The summed E-state index contributed by atoms with van der Waals surface area (Å²) in [6, 6.07) is 33.5. The molecule has 5 aromatic carbocycles. The number of allylic oxidation sites excluding steroid dienone is 1. The predicted molar refractivity (Wildman–Crippen MR) is 174 cm³/mol. The van der Waals surface area contributed by atoms with Crippen LogP contribution in [0.4, 0.5) is 0 Å². The Balaban J connectivity index is 1.15. The second-order valence-electron chi connectivity index (χ2n) is 12.4. The summed E-state index contributed by atoms with van der Waals surface area (Å²) in [4.78, 5) is 14.2. The topological polar surface area (TPSA) is 43.4 Å². The molecule has 0 saturated carbocycles. The van der Waals surface area contributed by atoms with E-state index in [0.29, 0.717) is 0 Å². The Morgan fingerprint density at radius 1 is 0.605 bits per heavy atom. The number of aryl methyl sites for hydroxylation is 1. The van der Waals surface area contributed by atoms with E-state index in [9.17, 15) is 4.79 Å². The number of hydrogen-bond acceptors (Lipinski definition) is 3. The van der Waals surface area contributed by atoms with Crippen molar-refractivity contribution in [3.05, 3.63) is 137 Å². The maximum Gasteiger partial charge on any atom is 0.193 e. The van der Waals surface area contributed by atoms with Gasteiger partial charge < -0.3 is 8.83 Å². The van der Waals surface area contributed by atoms with Crippen LogP contribution in [0.2, 0.25) is 0 Å². The first kappa shape index (κ1) is 24.4. The quantitative estimate of drug-likeness (QED) is 0.213. The lowest BCUT2D eigenvalue weighted by atomic mass is 9.67. The molecule has 9 rings (SSSR count). The molecule has 0 aliphatic heterocycles. The molecule has 3 nitrogen and oxygen atoms in total. The van der Waals surface area contributed by atoms with Crippen LogP contribution in [0.25, 0.3) is 61.2 Å². The van der Waals surface area contributed by atoms with Gasteiger partial charge in [0.2, 0.25) is 0 Å². The van der Waals surface area contributed by atoms with Crippen LogP contribution in [-0.4, -0.2) is 5.78 Å². The third-order valence-electron chi connectivity index (χ3n) is 9.57. The molecule has 2 aromatic heterocycles. The number of rotatable bonds is 2. The SMILES string of the molecule is CC1(C)c2ccc(-c3ccc4oc5c(c4c3)CCC=C5)cc2C(=O)c2cc(-c3ccc4oc5ccccc5c4c3)ccc21. The average molecular weight is 557 g/mol. The van der Waals surface area contributed by atoms with Crippen molar-refractivity contribution in [2.24, 2.45) is 0 Å². The van der Waals surface area contributed by atoms with Gasteiger partial charge in [0.25, 0.3) is 0 Å². The lowest BCUT2D eigenvalue weighted by molar-refractivity contribution is 0.103. The van der Waals surface area contributed by atoms with E-state index >= 15 is 0 Å². The Bertz CT molecular complexity index is 2340. The summed E-state index contributed by atoms with van der Waals surface area (Å²) in [5.74, 6) is 1.04. The summed E-state index contributed by atoms with van der Waals surface area (Å²) >= 11 is 0. The van der Waals surface area contributed by atoms with Crippen LogP contribution in [0.1, 0.15) is 58.6 Å². The number of carbonyl (C=O) groups excluding carboxylic acids is 1. The Morgan fingerprint density at radius 2 is 1.19 bits per heavy atom. The summed E-state index contributed by atoms with van der Waals surface area (Å²) in [5, 5.41) is 3.35. The van der Waals surface area contributed by atoms with Crippen molar-refractivity contribution < 1.29 is 13.6 Å². The van der Waals surface area contributed by atoms with Crippen LogP contribution in [0.15, 0.2) is 112 Å². The van der Waals surface area contributed by atoms with Gasteiger partial charge in [-0.05, 0) is 94.8 Å². The average Bonchev–Trinajstić information content (AvgIpc) is 3.61. The molecule has 0 fully saturated rings. The molecule has 0 N–H and O–H groups in total. The summed E-state index contributed by atoms with van der Waals surface area (Å²) in [5.41, 5.74) is 11.6. The highest BCUT2D eigenvalue weighted by Gasteiger charge is 2.37. The first-order valence-corrected chi connectivity index (χ1v) is 14.9. The first-order valence-electron chi connectivity index (χ1n) is 14.9. The highest BCUT2D eigenvalue weighted by molar-refractivity contribution is 6.14. The number of para-hydroxylation sites is 1. The fourth-order valence-electron chi connectivity index (χ4n) is 7.27. The summed E-state index contributed by atoms with van der Waals surface area (Å²) in [7, 11) is 0. The van der Waals surface area contributed by atoms with Gasteiger partial charge in [0, 0.05) is 38.3 Å². The summed E-state index contributed by atoms with van der Waals surface area (Å²) in [6.45, 7) is 4.44. The molecule has 206 valence electrons. The van der Waals surface area contributed by atoms with E-state index in [1.54, 1.807) is 0 Å². The monoisotopic (exact) mass is 556 g/mol. The number of furan rings is 2. The van der Waals surface area contributed by atoms with Crippen molar-refractivity contribution in [1.82, 2.24) is 0 Å². The Kier molecular flexibility index (Phi) is 4.94. The maximum atomic E-state index is 14.2. The van der Waals surface area contributed by atoms with Gasteiger partial charge in [-0.15, -0.1) is 0 Å².